The van der Waals surface area contributed by atoms with Crippen molar-refractivity contribution < 1.29 is 44.1 Å². The number of carbonyl (C=O) groups is 6. The fourth-order valence-electron chi connectivity index (χ4n) is 2.52. The van der Waals surface area contributed by atoms with E-state index in [0.717, 1.165) is 0 Å². The highest BCUT2D eigenvalue weighted by Crippen LogP contribution is 2.10. The summed E-state index contributed by atoms with van der Waals surface area (Å²) in [5.41, 5.74) is 10.4. The molecule has 32 heavy (non-hydrogen) atoms. The van der Waals surface area contributed by atoms with Gasteiger partial charge in [-0.2, -0.15) is 0 Å². The number of primary amides is 1. The second-order valence-electron chi connectivity index (χ2n) is 7.22. The molecule has 4 amide bonds. The van der Waals surface area contributed by atoms with Crippen molar-refractivity contribution in [2.24, 2.45) is 17.4 Å². The molecule has 0 aromatic heterocycles. The summed E-state index contributed by atoms with van der Waals surface area (Å²) in [5, 5.41) is 33.8. The number of carboxylic acid groups (broad SMARTS) is 2. The Bertz CT molecular complexity index is 715. The van der Waals surface area contributed by atoms with Crippen molar-refractivity contribution in [3.8, 4) is 0 Å². The van der Waals surface area contributed by atoms with Gasteiger partial charge in [-0.05, 0) is 12.3 Å². The predicted octanol–water partition coefficient (Wildman–Crippen LogP) is -3.37. The Kier molecular flexibility index (Phi) is 12.5. The summed E-state index contributed by atoms with van der Waals surface area (Å²) in [6.45, 7) is 2.70. The van der Waals surface area contributed by atoms with Gasteiger partial charge in [0.1, 0.15) is 24.2 Å². The van der Waals surface area contributed by atoms with Gasteiger partial charge < -0.3 is 42.7 Å². The molecule has 0 spiro atoms. The van der Waals surface area contributed by atoms with E-state index in [1.54, 1.807) is 13.8 Å². The van der Waals surface area contributed by atoms with Gasteiger partial charge in [0.2, 0.25) is 23.6 Å². The quantitative estimate of drug-likeness (QED) is 0.120. The number of aliphatic hydroxyl groups is 1. The number of amides is 4. The van der Waals surface area contributed by atoms with Gasteiger partial charge in [-0.1, -0.05) is 20.3 Å². The van der Waals surface area contributed by atoms with Crippen LogP contribution in [0.3, 0.4) is 0 Å². The molecule has 0 aliphatic heterocycles. The van der Waals surface area contributed by atoms with E-state index in [1.807, 2.05) is 5.32 Å². The Morgan fingerprint density at radius 3 is 1.91 bits per heavy atom. The van der Waals surface area contributed by atoms with Gasteiger partial charge in [0.15, 0.2) is 0 Å². The normalized spacial score (nSPS) is 15.4. The lowest BCUT2D eigenvalue weighted by Gasteiger charge is -2.27. The zero-order valence-corrected chi connectivity index (χ0v) is 17.9. The first-order chi connectivity index (χ1) is 14.8. The molecule has 0 fully saturated rings. The van der Waals surface area contributed by atoms with Crippen LogP contribution < -0.4 is 27.4 Å². The third-order valence-electron chi connectivity index (χ3n) is 4.63. The van der Waals surface area contributed by atoms with Crippen molar-refractivity contribution in [1.29, 1.82) is 0 Å². The van der Waals surface area contributed by atoms with Crippen LogP contribution in [-0.2, 0) is 28.8 Å². The van der Waals surface area contributed by atoms with E-state index < -0.39 is 91.5 Å². The molecule has 0 saturated carbocycles. The van der Waals surface area contributed by atoms with Crippen molar-refractivity contribution in [2.75, 3.05) is 6.61 Å². The Balaban J connectivity index is 5.61. The number of aliphatic carboxylic acids is 2. The van der Waals surface area contributed by atoms with Crippen molar-refractivity contribution in [3.05, 3.63) is 0 Å². The first-order valence-electron chi connectivity index (χ1n) is 9.84. The summed E-state index contributed by atoms with van der Waals surface area (Å²) in [6, 6.07) is -5.63. The van der Waals surface area contributed by atoms with E-state index in [1.165, 1.54) is 0 Å². The summed E-state index contributed by atoms with van der Waals surface area (Å²) in [5.74, 6) is -6.96. The average Bonchev–Trinajstić information content (AvgIpc) is 2.71. The van der Waals surface area contributed by atoms with E-state index >= 15 is 0 Å². The van der Waals surface area contributed by atoms with Crippen LogP contribution in [0.4, 0.5) is 0 Å². The van der Waals surface area contributed by atoms with E-state index in [9.17, 15) is 28.8 Å². The summed E-state index contributed by atoms with van der Waals surface area (Å²) in [6.07, 6.45) is -1.22. The summed E-state index contributed by atoms with van der Waals surface area (Å²) >= 11 is 0. The highest BCUT2D eigenvalue weighted by Gasteiger charge is 2.32. The Morgan fingerprint density at radius 2 is 1.47 bits per heavy atom. The second kappa shape index (κ2) is 13.9. The Morgan fingerprint density at radius 1 is 0.906 bits per heavy atom. The van der Waals surface area contributed by atoms with E-state index in [4.69, 9.17) is 26.8 Å². The van der Waals surface area contributed by atoms with Crippen LogP contribution in [0.1, 0.15) is 39.5 Å². The van der Waals surface area contributed by atoms with Crippen LogP contribution in [0.25, 0.3) is 0 Å². The monoisotopic (exact) mass is 461 g/mol. The van der Waals surface area contributed by atoms with Crippen LogP contribution >= 0.6 is 0 Å². The molecule has 0 radical (unpaired) electrons. The number of hydrogen-bond acceptors (Lipinski definition) is 8. The molecule has 0 saturated heterocycles. The van der Waals surface area contributed by atoms with Gasteiger partial charge in [0.05, 0.1) is 13.0 Å². The van der Waals surface area contributed by atoms with Gasteiger partial charge >= 0.3 is 11.9 Å². The molecule has 0 aromatic carbocycles. The average molecular weight is 461 g/mol. The van der Waals surface area contributed by atoms with Gasteiger partial charge in [-0.3, -0.25) is 24.0 Å². The van der Waals surface area contributed by atoms with Crippen molar-refractivity contribution in [3.63, 3.8) is 0 Å². The molecule has 182 valence electrons. The van der Waals surface area contributed by atoms with Gasteiger partial charge in [-0.15, -0.1) is 0 Å². The van der Waals surface area contributed by atoms with Gasteiger partial charge in [0.25, 0.3) is 0 Å². The fourth-order valence-corrected chi connectivity index (χ4v) is 2.52. The lowest BCUT2D eigenvalue weighted by Crippen LogP contribution is -2.59. The van der Waals surface area contributed by atoms with Gasteiger partial charge in [0, 0.05) is 6.42 Å². The summed E-state index contributed by atoms with van der Waals surface area (Å²) in [7, 11) is 0. The number of hydrogen-bond donors (Lipinski definition) is 8. The first-order valence-corrected chi connectivity index (χ1v) is 9.84. The summed E-state index contributed by atoms with van der Waals surface area (Å²) < 4.78 is 0. The smallest absolute Gasteiger partial charge is 0.326 e. The second-order valence-corrected chi connectivity index (χ2v) is 7.22. The first kappa shape index (κ1) is 28.7. The highest BCUT2D eigenvalue weighted by atomic mass is 16.4. The molecular formula is C18H31N5O9. The standard InChI is InChI=1S/C18H31N5O9/c1-3-8(2)14(23-15(28)9(19)7-24)17(30)21-10(4-5-13(26)27)16(29)22-11(18(31)32)6-12(20)25/h8-11,14,24H,3-7,19H2,1-2H3,(H2,20,25)(H,21,30)(H,22,29)(H,23,28)(H,26,27)(H,31,32). The van der Waals surface area contributed by atoms with Crippen LogP contribution in [0.5, 0.6) is 0 Å². The van der Waals surface area contributed by atoms with Crippen LogP contribution in [0.2, 0.25) is 0 Å². The van der Waals surface area contributed by atoms with Gasteiger partial charge in [-0.25, -0.2) is 4.79 Å². The molecule has 0 rings (SSSR count). The van der Waals surface area contributed by atoms with Crippen molar-refractivity contribution in [1.82, 2.24) is 16.0 Å². The molecule has 5 unspecified atom stereocenters. The van der Waals surface area contributed by atoms with E-state index in [2.05, 4.69) is 10.6 Å². The topological polar surface area (TPSA) is 251 Å². The lowest BCUT2D eigenvalue weighted by molar-refractivity contribution is -0.144. The van der Waals surface area contributed by atoms with Crippen LogP contribution in [0.15, 0.2) is 0 Å². The minimum Gasteiger partial charge on any atom is -0.481 e. The molecule has 14 nitrogen and oxygen atoms in total. The number of carboxylic acids is 2. The number of nitrogens with one attached hydrogen (secondary N) is 3. The number of aliphatic hydroxyl groups excluding tert-OH is 1. The summed E-state index contributed by atoms with van der Waals surface area (Å²) in [4.78, 5) is 70.6. The third-order valence-corrected chi connectivity index (χ3v) is 4.63. The number of carbonyl (C=O) groups excluding carboxylic acids is 4. The SMILES string of the molecule is CCC(C)C(NC(=O)C(N)CO)C(=O)NC(CCC(=O)O)C(=O)NC(CC(N)=O)C(=O)O. The molecule has 5 atom stereocenters. The van der Waals surface area contributed by atoms with Crippen LogP contribution in [-0.4, -0.2) is 81.7 Å². The zero-order chi connectivity index (χ0) is 25.0. The molecule has 0 aliphatic rings. The van der Waals surface area contributed by atoms with Crippen LogP contribution in [0, 0.1) is 5.92 Å². The molecule has 14 heteroatoms. The molecule has 0 heterocycles. The molecule has 0 bridgehead atoms. The maximum atomic E-state index is 12.8. The Hall–Kier alpha value is -3.26. The highest BCUT2D eigenvalue weighted by molar-refractivity contribution is 5.95. The minimum absolute atomic E-state index is 0.396. The lowest BCUT2D eigenvalue weighted by atomic mass is 9.97. The maximum absolute atomic E-state index is 12.8. The fraction of sp³-hybridized carbons (Fsp3) is 0.667. The molecule has 10 N–H and O–H groups in total. The largest absolute Gasteiger partial charge is 0.481 e. The van der Waals surface area contributed by atoms with E-state index in [0.29, 0.717) is 6.42 Å². The minimum atomic E-state index is -1.68. The number of rotatable bonds is 15. The van der Waals surface area contributed by atoms with Crippen molar-refractivity contribution in [2.45, 2.75) is 63.7 Å². The third kappa shape index (κ3) is 10.2. The Labute approximate surface area is 184 Å². The van der Waals surface area contributed by atoms with Crippen molar-refractivity contribution >= 4 is 35.6 Å². The maximum Gasteiger partial charge on any atom is 0.326 e. The molecule has 0 aromatic rings. The molecular weight excluding hydrogens is 430 g/mol. The zero-order valence-electron chi connectivity index (χ0n) is 17.9. The molecule has 0 aliphatic carbocycles. The van der Waals surface area contributed by atoms with E-state index in [-0.39, 0.29) is 0 Å². The predicted molar refractivity (Wildman–Crippen MR) is 109 cm³/mol. The number of nitrogens with two attached hydrogens (primary N) is 2.